The van der Waals surface area contributed by atoms with Crippen molar-refractivity contribution in [2.45, 2.75) is 123 Å². The third-order valence-corrected chi connectivity index (χ3v) is 8.49. The molecule has 0 aromatic rings. The second kappa shape index (κ2) is 15.4. The van der Waals surface area contributed by atoms with E-state index in [0.29, 0.717) is 0 Å². The smallest absolute Gasteiger partial charge is 0.186 e. The van der Waals surface area contributed by atoms with Crippen LogP contribution in [-0.4, -0.2) is 217 Å². The first-order valence-electron chi connectivity index (χ1n) is 14.7. The predicted octanol–water partition coefficient (Wildman–Crippen LogP) is -8.73. The molecule has 12 N–H and O–H groups in total. The molecule has 5 fully saturated rings. The molecular weight excluding hydrogens is 636 g/mol. The van der Waals surface area contributed by atoms with E-state index in [4.69, 9.17) is 42.6 Å². The minimum absolute atomic E-state index is 0.403. The summed E-state index contributed by atoms with van der Waals surface area (Å²) in [6.07, 6.45) is -28.2. The van der Waals surface area contributed by atoms with Gasteiger partial charge in [-0.05, 0) is 0 Å². The van der Waals surface area contributed by atoms with Gasteiger partial charge in [0.15, 0.2) is 31.5 Å². The van der Waals surface area contributed by atoms with Crippen LogP contribution in [0.25, 0.3) is 0 Å². The number of hydrogen-bond acceptors (Lipinski definition) is 21. The number of aliphatic hydroxyl groups is 12. The van der Waals surface area contributed by atoms with Gasteiger partial charge in [-0.2, -0.15) is 0 Å². The number of aliphatic hydroxyl groups excluding tert-OH is 12. The van der Waals surface area contributed by atoms with Crippen LogP contribution in [0.15, 0.2) is 0 Å². The van der Waals surface area contributed by atoms with E-state index in [9.17, 15) is 61.3 Å². The molecule has 0 saturated carbocycles. The van der Waals surface area contributed by atoms with Gasteiger partial charge in [-0.25, -0.2) is 0 Å². The molecular formula is C25H42O21. The maximum atomic E-state index is 10.4. The average molecular weight is 679 g/mol. The second-order valence-corrected chi connectivity index (χ2v) is 11.7. The molecule has 268 valence electrons. The summed E-state index contributed by atoms with van der Waals surface area (Å²) >= 11 is 0. The Morgan fingerprint density at radius 2 is 0.587 bits per heavy atom. The standard InChI is InChI=1S/C25H42O21/c26-1-6-11(27)17(33)22(43-6)39-3-8-13(29)19(35)24(45-8)41-5-10-15(31)20(36)25(46-10)40-4-9-14(30)18(34)23(44-9)38-2-7-12(28)16(32)21(37)42-7/h6-37H,1-5H2/t6-,7-,8-,9-,10-,11-,12-,13-,14-,15-,16+,17+,18+,19+,20+,21?,22?,23?,24?,25?/m1/s1. The van der Waals surface area contributed by atoms with E-state index in [-0.39, 0.29) is 0 Å². The highest BCUT2D eigenvalue weighted by molar-refractivity contribution is 4.93. The molecule has 21 nitrogen and oxygen atoms in total. The number of rotatable bonds is 13. The van der Waals surface area contributed by atoms with E-state index in [1.165, 1.54) is 0 Å². The lowest BCUT2D eigenvalue weighted by Crippen LogP contribution is -2.39. The summed E-state index contributed by atoms with van der Waals surface area (Å²) in [5, 5.41) is 120. The third-order valence-electron chi connectivity index (χ3n) is 8.49. The fourth-order valence-electron chi connectivity index (χ4n) is 5.60. The fourth-order valence-corrected chi connectivity index (χ4v) is 5.60. The van der Waals surface area contributed by atoms with Crippen molar-refractivity contribution in [1.82, 2.24) is 0 Å². The number of hydrogen-bond donors (Lipinski definition) is 12. The van der Waals surface area contributed by atoms with Crippen LogP contribution >= 0.6 is 0 Å². The van der Waals surface area contributed by atoms with Gasteiger partial charge in [-0.15, -0.1) is 0 Å². The minimum Gasteiger partial charge on any atom is -0.394 e. The maximum Gasteiger partial charge on any atom is 0.186 e. The van der Waals surface area contributed by atoms with Crippen LogP contribution in [0.4, 0.5) is 0 Å². The summed E-state index contributed by atoms with van der Waals surface area (Å²) in [4.78, 5) is 0. The molecule has 5 aliphatic heterocycles. The molecule has 5 rings (SSSR count). The van der Waals surface area contributed by atoms with Crippen LogP contribution in [-0.2, 0) is 42.6 Å². The zero-order valence-corrected chi connectivity index (χ0v) is 24.1. The Hall–Kier alpha value is -0.840. The summed E-state index contributed by atoms with van der Waals surface area (Å²) < 4.78 is 48.1. The highest BCUT2D eigenvalue weighted by Gasteiger charge is 2.50. The molecule has 0 aliphatic carbocycles. The summed E-state index contributed by atoms with van der Waals surface area (Å²) in [6, 6.07) is 0. The Balaban J connectivity index is 1.04. The molecule has 0 aromatic carbocycles. The Kier molecular flexibility index (Phi) is 12.2. The molecule has 21 heteroatoms. The van der Waals surface area contributed by atoms with Crippen LogP contribution in [0.2, 0.25) is 0 Å². The van der Waals surface area contributed by atoms with Crippen LogP contribution in [0.5, 0.6) is 0 Å². The molecule has 5 aliphatic rings. The van der Waals surface area contributed by atoms with Gasteiger partial charge < -0.3 is 104 Å². The lowest BCUT2D eigenvalue weighted by atomic mass is 10.1. The van der Waals surface area contributed by atoms with Crippen molar-refractivity contribution in [2.75, 3.05) is 33.0 Å². The van der Waals surface area contributed by atoms with Crippen LogP contribution < -0.4 is 0 Å². The molecule has 0 radical (unpaired) electrons. The van der Waals surface area contributed by atoms with Gasteiger partial charge in [0.25, 0.3) is 0 Å². The second-order valence-electron chi connectivity index (χ2n) is 11.7. The first-order valence-corrected chi connectivity index (χ1v) is 14.7. The quantitative estimate of drug-likeness (QED) is 0.0860. The van der Waals surface area contributed by atoms with Crippen molar-refractivity contribution in [3.8, 4) is 0 Å². The van der Waals surface area contributed by atoms with Crippen molar-refractivity contribution in [1.29, 1.82) is 0 Å². The predicted molar refractivity (Wildman–Crippen MR) is 136 cm³/mol. The van der Waals surface area contributed by atoms with E-state index >= 15 is 0 Å². The largest absolute Gasteiger partial charge is 0.394 e. The number of ether oxygens (including phenoxy) is 9. The van der Waals surface area contributed by atoms with Gasteiger partial charge in [0.1, 0.15) is 91.6 Å². The Morgan fingerprint density at radius 1 is 0.326 bits per heavy atom. The van der Waals surface area contributed by atoms with Crippen LogP contribution in [0, 0.1) is 0 Å². The van der Waals surface area contributed by atoms with Crippen molar-refractivity contribution in [3.05, 3.63) is 0 Å². The monoisotopic (exact) mass is 678 g/mol. The van der Waals surface area contributed by atoms with E-state index in [1.54, 1.807) is 0 Å². The first-order chi connectivity index (χ1) is 21.8. The topological polar surface area (TPSA) is 326 Å². The average Bonchev–Trinajstić information content (AvgIpc) is 3.74. The van der Waals surface area contributed by atoms with Crippen molar-refractivity contribution in [2.24, 2.45) is 0 Å². The van der Waals surface area contributed by atoms with E-state index in [1.807, 2.05) is 0 Å². The molecule has 5 heterocycles. The lowest BCUT2D eigenvalue weighted by molar-refractivity contribution is -0.227. The molecule has 20 atom stereocenters. The van der Waals surface area contributed by atoms with E-state index < -0.39 is 156 Å². The summed E-state index contributed by atoms with van der Waals surface area (Å²) in [6.45, 7) is -2.28. The fraction of sp³-hybridized carbons (Fsp3) is 1.00. The zero-order chi connectivity index (χ0) is 33.4. The van der Waals surface area contributed by atoms with Crippen molar-refractivity contribution >= 4 is 0 Å². The highest BCUT2D eigenvalue weighted by Crippen LogP contribution is 2.30. The molecule has 0 bridgehead atoms. The SMILES string of the molecule is OC[C@H]1OC(OC[C@H]2OC(OC[C@H]3OC(OC[C@H]4OC(OC[C@H]5OC(O)[C@@H](O)[C@@H]5O)[C@@H](O)[C@@H]4O)[C@@H](O)[C@@H]3O)[C@@H](O)[C@@H]2O)[C@@H](O)[C@@H]1O. The van der Waals surface area contributed by atoms with Gasteiger partial charge in [0, 0.05) is 0 Å². The van der Waals surface area contributed by atoms with Crippen LogP contribution in [0.3, 0.4) is 0 Å². The van der Waals surface area contributed by atoms with Gasteiger partial charge in [0.2, 0.25) is 0 Å². The molecule has 5 saturated heterocycles. The maximum absolute atomic E-state index is 10.4. The highest BCUT2D eigenvalue weighted by atomic mass is 16.8. The van der Waals surface area contributed by atoms with Gasteiger partial charge in [-0.3, -0.25) is 0 Å². The molecule has 5 unspecified atom stereocenters. The summed E-state index contributed by atoms with van der Waals surface area (Å²) in [7, 11) is 0. The Morgan fingerprint density at radius 3 is 0.848 bits per heavy atom. The van der Waals surface area contributed by atoms with E-state index in [0.717, 1.165) is 0 Å². The third kappa shape index (κ3) is 7.50. The van der Waals surface area contributed by atoms with Gasteiger partial charge in [0.05, 0.1) is 33.0 Å². The van der Waals surface area contributed by atoms with Gasteiger partial charge in [-0.1, -0.05) is 0 Å². The summed E-state index contributed by atoms with van der Waals surface area (Å²) in [5.74, 6) is 0. The minimum atomic E-state index is -1.63. The van der Waals surface area contributed by atoms with E-state index in [2.05, 4.69) is 0 Å². The molecule has 0 aromatic heterocycles. The first kappa shape index (κ1) is 36.4. The zero-order valence-electron chi connectivity index (χ0n) is 24.1. The molecule has 0 amide bonds. The summed E-state index contributed by atoms with van der Waals surface area (Å²) in [5.41, 5.74) is 0. The van der Waals surface area contributed by atoms with Crippen molar-refractivity contribution in [3.63, 3.8) is 0 Å². The Bertz CT molecular complexity index is 965. The van der Waals surface area contributed by atoms with Gasteiger partial charge >= 0.3 is 0 Å². The van der Waals surface area contributed by atoms with Crippen LogP contribution in [0.1, 0.15) is 0 Å². The van der Waals surface area contributed by atoms with Crippen molar-refractivity contribution < 1.29 is 104 Å². The molecule has 0 spiro atoms. The Labute approximate surface area is 260 Å². The molecule has 46 heavy (non-hydrogen) atoms. The normalized spacial score (nSPS) is 52.7. The lowest BCUT2D eigenvalue weighted by Gasteiger charge is -2.21.